The number of imidazole rings is 1. The maximum absolute atomic E-state index is 11.9. The first-order valence-electron chi connectivity index (χ1n) is 7.61. The summed E-state index contributed by atoms with van der Waals surface area (Å²) in [7, 11) is 0. The van der Waals surface area contributed by atoms with Gasteiger partial charge in [-0.15, -0.1) is 0 Å². The monoisotopic (exact) mass is 287 g/mol. The standard InChI is InChI=1S/C16H21N3O2/c20-14-7-3-4-11(14)10-17-16(21)9-8-15-18-12-5-1-2-6-13(12)19-15/h1-2,5-6,11,14,20H,3-4,7-10H2,(H,17,21)(H,18,19). The van der Waals surface area contributed by atoms with Gasteiger partial charge in [-0.25, -0.2) is 4.98 Å². The number of nitrogens with zero attached hydrogens (tertiary/aromatic N) is 1. The number of amides is 1. The summed E-state index contributed by atoms with van der Waals surface area (Å²) in [5.74, 6) is 1.09. The Morgan fingerprint density at radius 1 is 1.38 bits per heavy atom. The molecule has 5 nitrogen and oxygen atoms in total. The quantitative estimate of drug-likeness (QED) is 0.784. The van der Waals surface area contributed by atoms with Crippen molar-refractivity contribution < 1.29 is 9.90 Å². The number of benzene rings is 1. The van der Waals surface area contributed by atoms with E-state index in [2.05, 4.69) is 15.3 Å². The molecule has 5 heteroatoms. The molecule has 3 rings (SSSR count). The van der Waals surface area contributed by atoms with Gasteiger partial charge in [0, 0.05) is 25.3 Å². The van der Waals surface area contributed by atoms with Crippen molar-refractivity contribution in [2.24, 2.45) is 5.92 Å². The van der Waals surface area contributed by atoms with Crippen molar-refractivity contribution in [3.63, 3.8) is 0 Å². The lowest BCUT2D eigenvalue weighted by Gasteiger charge is -2.14. The van der Waals surface area contributed by atoms with Crippen molar-refractivity contribution >= 4 is 16.9 Å². The summed E-state index contributed by atoms with van der Waals surface area (Å²) in [6.07, 6.45) is 3.70. The fraction of sp³-hybridized carbons (Fsp3) is 0.500. The lowest BCUT2D eigenvalue weighted by Crippen LogP contribution is -2.32. The highest BCUT2D eigenvalue weighted by Crippen LogP contribution is 2.24. The number of carbonyl (C=O) groups is 1. The molecule has 1 aromatic carbocycles. The summed E-state index contributed by atoms with van der Waals surface area (Å²) < 4.78 is 0. The highest BCUT2D eigenvalue weighted by Gasteiger charge is 2.25. The fourth-order valence-corrected chi connectivity index (χ4v) is 2.94. The number of para-hydroxylation sites is 2. The number of hydrogen-bond acceptors (Lipinski definition) is 3. The van der Waals surface area contributed by atoms with Gasteiger partial charge in [0.1, 0.15) is 5.82 Å². The van der Waals surface area contributed by atoms with E-state index in [-0.39, 0.29) is 17.9 Å². The second-order valence-corrected chi connectivity index (χ2v) is 5.76. The van der Waals surface area contributed by atoms with Crippen LogP contribution in [0.1, 0.15) is 31.5 Å². The zero-order valence-electron chi connectivity index (χ0n) is 12.0. The summed E-state index contributed by atoms with van der Waals surface area (Å²) in [6, 6.07) is 7.85. The molecular formula is C16H21N3O2. The van der Waals surface area contributed by atoms with Crippen molar-refractivity contribution in [2.75, 3.05) is 6.54 Å². The largest absolute Gasteiger partial charge is 0.393 e. The predicted octanol–water partition coefficient (Wildman–Crippen LogP) is 1.77. The number of aliphatic hydroxyl groups excluding tert-OH is 1. The molecule has 1 fully saturated rings. The van der Waals surface area contributed by atoms with Crippen molar-refractivity contribution in [1.29, 1.82) is 0 Å². The normalized spacial score (nSPS) is 21.8. The van der Waals surface area contributed by atoms with E-state index >= 15 is 0 Å². The van der Waals surface area contributed by atoms with Crippen LogP contribution < -0.4 is 5.32 Å². The molecule has 21 heavy (non-hydrogen) atoms. The van der Waals surface area contributed by atoms with E-state index in [0.29, 0.717) is 19.4 Å². The number of nitrogens with one attached hydrogen (secondary N) is 2. The number of aryl methyl sites for hydroxylation is 1. The number of fused-ring (bicyclic) bond motifs is 1. The van der Waals surface area contributed by atoms with Gasteiger partial charge in [-0.3, -0.25) is 4.79 Å². The number of aliphatic hydroxyl groups is 1. The number of H-pyrrole nitrogens is 1. The van der Waals surface area contributed by atoms with Gasteiger partial charge in [-0.1, -0.05) is 18.6 Å². The van der Waals surface area contributed by atoms with Gasteiger partial charge in [0.25, 0.3) is 0 Å². The lowest BCUT2D eigenvalue weighted by molar-refractivity contribution is -0.121. The predicted molar refractivity (Wildman–Crippen MR) is 80.8 cm³/mol. The second kappa shape index (κ2) is 6.26. The van der Waals surface area contributed by atoms with Gasteiger partial charge in [-0.05, 0) is 25.0 Å². The molecule has 1 aliphatic rings. The first-order valence-corrected chi connectivity index (χ1v) is 7.61. The number of aromatic amines is 1. The highest BCUT2D eigenvalue weighted by molar-refractivity contribution is 5.77. The van der Waals surface area contributed by atoms with Crippen molar-refractivity contribution in [2.45, 2.75) is 38.2 Å². The first-order chi connectivity index (χ1) is 10.2. The molecule has 0 bridgehead atoms. The van der Waals surface area contributed by atoms with Crippen LogP contribution in [-0.2, 0) is 11.2 Å². The Bertz CT molecular complexity index is 590. The van der Waals surface area contributed by atoms with E-state index in [1.807, 2.05) is 24.3 Å². The summed E-state index contributed by atoms with van der Waals surface area (Å²) in [5.41, 5.74) is 1.93. The second-order valence-electron chi connectivity index (χ2n) is 5.76. The van der Waals surface area contributed by atoms with Gasteiger partial charge in [-0.2, -0.15) is 0 Å². The van der Waals surface area contributed by atoms with E-state index in [1.54, 1.807) is 0 Å². The van der Waals surface area contributed by atoms with E-state index in [0.717, 1.165) is 36.1 Å². The smallest absolute Gasteiger partial charge is 0.220 e. The lowest BCUT2D eigenvalue weighted by atomic mass is 10.1. The Balaban J connectivity index is 1.47. The van der Waals surface area contributed by atoms with Crippen molar-refractivity contribution in [3.05, 3.63) is 30.1 Å². The highest BCUT2D eigenvalue weighted by atomic mass is 16.3. The molecule has 0 radical (unpaired) electrons. The molecule has 0 spiro atoms. The van der Waals surface area contributed by atoms with Gasteiger partial charge >= 0.3 is 0 Å². The summed E-state index contributed by atoms with van der Waals surface area (Å²) in [4.78, 5) is 19.5. The van der Waals surface area contributed by atoms with Crippen LogP contribution in [0.25, 0.3) is 11.0 Å². The molecule has 1 aliphatic carbocycles. The van der Waals surface area contributed by atoms with Crippen LogP contribution in [0.5, 0.6) is 0 Å². The van der Waals surface area contributed by atoms with Crippen LogP contribution in [0.3, 0.4) is 0 Å². The minimum atomic E-state index is -0.249. The SMILES string of the molecule is O=C(CCc1nc2ccccc2[nH]1)NCC1CCCC1O. The average molecular weight is 287 g/mol. The summed E-state index contributed by atoms with van der Waals surface area (Å²) >= 11 is 0. The number of aromatic nitrogens is 2. The third-order valence-corrected chi connectivity index (χ3v) is 4.21. The van der Waals surface area contributed by atoms with Crippen LogP contribution in [-0.4, -0.2) is 33.6 Å². The van der Waals surface area contributed by atoms with Gasteiger partial charge in [0.15, 0.2) is 0 Å². The molecule has 112 valence electrons. The third-order valence-electron chi connectivity index (χ3n) is 4.21. The molecule has 1 heterocycles. The molecule has 2 atom stereocenters. The van der Waals surface area contributed by atoms with Crippen LogP contribution in [0.15, 0.2) is 24.3 Å². The fourth-order valence-electron chi connectivity index (χ4n) is 2.94. The van der Waals surface area contributed by atoms with Gasteiger partial charge in [0.05, 0.1) is 17.1 Å². The summed E-state index contributed by atoms with van der Waals surface area (Å²) in [5, 5.41) is 12.6. The van der Waals surface area contributed by atoms with E-state index in [1.165, 1.54) is 0 Å². The zero-order valence-corrected chi connectivity index (χ0v) is 12.0. The van der Waals surface area contributed by atoms with Crippen LogP contribution >= 0.6 is 0 Å². The Kier molecular flexibility index (Phi) is 4.20. The number of rotatable bonds is 5. The van der Waals surface area contributed by atoms with E-state index in [4.69, 9.17) is 0 Å². The van der Waals surface area contributed by atoms with Crippen molar-refractivity contribution in [1.82, 2.24) is 15.3 Å². The van der Waals surface area contributed by atoms with Crippen LogP contribution in [0, 0.1) is 5.92 Å². The molecule has 3 N–H and O–H groups in total. The molecular weight excluding hydrogens is 266 g/mol. The number of carbonyl (C=O) groups excluding carboxylic acids is 1. The van der Waals surface area contributed by atoms with Crippen LogP contribution in [0.2, 0.25) is 0 Å². The Labute approximate surface area is 123 Å². The Morgan fingerprint density at radius 3 is 3.00 bits per heavy atom. The average Bonchev–Trinajstić information content (AvgIpc) is 3.08. The molecule has 1 aromatic heterocycles. The minimum Gasteiger partial charge on any atom is -0.393 e. The maximum atomic E-state index is 11.9. The van der Waals surface area contributed by atoms with Crippen LogP contribution in [0.4, 0.5) is 0 Å². The number of hydrogen-bond donors (Lipinski definition) is 3. The molecule has 2 unspecified atom stereocenters. The maximum Gasteiger partial charge on any atom is 0.220 e. The minimum absolute atomic E-state index is 0.0227. The molecule has 2 aromatic rings. The molecule has 0 aliphatic heterocycles. The van der Waals surface area contributed by atoms with Gasteiger partial charge in [0.2, 0.25) is 5.91 Å². The van der Waals surface area contributed by atoms with Crippen molar-refractivity contribution in [3.8, 4) is 0 Å². The summed E-state index contributed by atoms with van der Waals surface area (Å²) in [6.45, 7) is 0.583. The molecule has 1 saturated carbocycles. The van der Waals surface area contributed by atoms with E-state index < -0.39 is 0 Å². The molecule has 0 saturated heterocycles. The first kappa shape index (κ1) is 14.1. The molecule has 1 amide bonds. The zero-order chi connectivity index (χ0) is 14.7. The van der Waals surface area contributed by atoms with E-state index in [9.17, 15) is 9.90 Å². The topological polar surface area (TPSA) is 78.0 Å². The Morgan fingerprint density at radius 2 is 2.24 bits per heavy atom. The third kappa shape index (κ3) is 3.42. The Hall–Kier alpha value is -1.88. The van der Waals surface area contributed by atoms with Gasteiger partial charge < -0.3 is 15.4 Å².